The molecule has 1 atom stereocenters. The average molecular weight is 225 g/mol. The molecule has 1 aliphatic heterocycles. The Balaban J connectivity index is 1.84. The lowest BCUT2D eigenvalue weighted by Crippen LogP contribution is -2.31. The van der Waals surface area contributed by atoms with Gasteiger partial charge in [0.1, 0.15) is 11.5 Å². The van der Waals surface area contributed by atoms with Gasteiger partial charge in [-0.05, 0) is 17.7 Å². The zero-order valence-electron chi connectivity index (χ0n) is 10.4. The average Bonchev–Trinajstić information content (AvgIpc) is 2.84. The third-order valence-corrected chi connectivity index (χ3v) is 2.89. The van der Waals surface area contributed by atoms with Gasteiger partial charge in [0, 0.05) is 7.19 Å². The van der Waals surface area contributed by atoms with Crippen molar-refractivity contribution in [3.63, 3.8) is 0 Å². The van der Waals surface area contributed by atoms with E-state index in [0.29, 0.717) is 0 Å². The van der Waals surface area contributed by atoms with Crippen LogP contribution in [0, 0.1) is 0 Å². The van der Waals surface area contributed by atoms with Gasteiger partial charge in [-0.25, -0.2) is 0 Å². The van der Waals surface area contributed by atoms with Crippen molar-refractivity contribution in [1.82, 2.24) is 0 Å². The summed E-state index contributed by atoms with van der Waals surface area (Å²) in [5.74, 6) is 1.45. The molecule has 0 N–H and O–H groups in total. The summed E-state index contributed by atoms with van der Waals surface area (Å²) in [6.07, 6.45) is 0. The van der Waals surface area contributed by atoms with Crippen LogP contribution in [-0.2, 0) is 0 Å². The summed E-state index contributed by atoms with van der Waals surface area (Å²) in [6, 6.07) is 17.5. The van der Waals surface area contributed by atoms with E-state index in [4.69, 9.17) is 10.7 Å². The Morgan fingerprint density at radius 3 is 2.12 bits per heavy atom. The molecule has 0 fully saturated rings. The molecule has 2 aromatic rings. The van der Waals surface area contributed by atoms with E-state index >= 15 is 0 Å². The van der Waals surface area contributed by atoms with Gasteiger partial charge in [-0.1, -0.05) is 49.4 Å². The van der Waals surface area contributed by atoms with Crippen molar-refractivity contribution in [2.24, 2.45) is 0 Å². The van der Waals surface area contributed by atoms with Gasteiger partial charge in [-0.15, -0.1) is 0 Å². The van der Waals surface area contributed by atoms with Crippen LogP contribution in [0.3, 0.4) is 0 Å². The molecule has 2 nitrogen and oxygen atoms in total. The summed E-state index contributed by atoms with van der Waals surface area (Å²) in [7, 11) is -0.401. The number of benzene rings is 2. The van der Waals surface area contributed by atoms with Crippen molar-refractivity contribution in [3.8, 4) is 11.5 Å². The Hall–Kier alpha value is -1.90. The monoisotopic (exact) mass is 225 g/mol. The minimum atomic E-state index is -0.401. The van der Waals surface area contributed by atoms with Crippen LogP contribution in [0.25, 0.3) is 0 Å². The van der Waals surface area contributed by atoms with E-state index in [-0.39, 0.29) is 12.7 Å². The predicted octanol–water partition coefficient (Wildman–Crippen LogP) is 3.29. The van der Waals surface area contributed by atoms with Gasteiger partial charge >= 0.3 is 7.12 Å². The van der Waals surface area contributed by atoms with E-state index < -0.39 is 7.12 Å². The molecule has 17 heavy (non-hydrogen) atoms. The second-order valence-electron chi connectivity index (χ2n) is 4.07. The largest absolute Gasteiger partial charge is 0.602 e. The lowest BCUT2D eigenvalue weighted by atomic mass is 9.69. The smallest absolute Gasteiger partial charge is 0.523 e. The van der Waals surface area contributed by atoms with E-state index in [9.17, 15) is 0 Å². The Bertz CT molecular complexity index is 507. The Kier molecular flexibility index (Phi) is 2.25. The normalized spacial score (nSPS) is 15.5. The molecule has 2 aromatic carbocycles. The molecule has 0 saturated heterocycles. The highest BCUT2D eigenvalue weighted by atomic mass is 16.6. The number of hydrogen-bond acceptors (Lipinski definition) is 2. The molecule has 0 amide bonds. The summed E-state index contributed by atoms with van der Waals surface area (Å²) in [5, 5.41) is 0. The first-order valence-corrected chi connectivity index (χ1v) is 5.65. The van der Waals surface area contributed by atoms with Crippen LogP contribution in [0.4, 0.5) is 0 Å². The van der Waals surface area contributed by atoms with E-state index in [1.165, 1.54) is 0 Å². The first-order valence-electron chi connectivity index (χ1n) is 6.36. The van der Waals surface area contributed by atoms with Gasteiger partial charge < -0.3 is 9.31 Å². The maximum absolute atomic E-state index is 7.71. The predicted molar refractivity (Wildman–Crippen MR) is 68.3 cm³/mol. The van der Waals surface area contributed by atoms with Crippen molar-refractivity contribution in [3.05, 3.63) is 60.2 Å². The van der Waals surface area contributed by atoms with Crippen LogP contribution in [0.15, 0.2) is 54.6 Å². The van der Waals surface area contributed by atoms with Gasteiger partial charge in [-0.2, -0.15) is 0 Å². The van der Waals surface area contributed by atoms with Gasteiger partial charge in [0.05, 0.1) is 0 Å². The molecule has 0 bridgehead atoms. The first-order chi connectivity index (χ1) is 8.88. The molecule has 0 radical (unpaired) electrons. The van der Waals surface area contributed by atoms with E-state index in [1.807, 2.05) is 54.6 Å². The van der Waals surface area contributed by atoms with Crippen LogP contribution >= 0.6 is 0 Å². The van der Waals surface area contributed by atoms with Crippen molar-refractivity contribution in [1.29, 1.82) is 0 Å². The molecule has 1 aliphatic rings. The topological polar surface area (TPSA) is 18.5 Å². The van der Waals surface area contributed by atoms with Crippen molar-refractivity contribution < 1.29 is 10.7 Å². The van der Waals surface area contributed by atoms with Crippen LogP contribution in [0.2, 0.25) is 0 Å². The fourth-order valence-corrected chi connectivity index (χ4v) is 1.94. The van der Waals surface area contributed by atoms with Gasteiger partial charge in [-0.3, -0.25) is 0 Å². The molecule has 1 heterocycles. The first kappa shape index (κ1) is 9.17. The standard InChI is InChI=1S/C14H13BO2/c1-11(12-7-3-2-4-8-12)15-16-13-9-5-6-10-14(13)17-15/h2-11H,1H3/i1D. The molecule has 0 aliphatic carbocycles. The fraction of sp³-hybridized carbons (Fsp3) is 0.143. The molecule has 0 aromatic heterocycles. The Morgan fingerprint density at radius 2 is 1.53 bits per heavy atom. The number of fused-ring (bicyclic) bond motifs is 1. The summed E-state index contributed by atoms with van der Waals surface area (Å²) >= 11 is 0. The van der Waals surface area contributed by atoms with Crippen molar-refractivity contribution in [2.75, 3.05) is 0 Å². The zero-order valence-corrected chi connectivity index (χ0v) is 9.37. The second-order valence-corrected chi connectivity index (χ2v) is 4.07. The molecule has 0 saturated carbocycles. The summed E-state index contributed by atoms with van der Waals surface area (Å²) in [4.78, 5) is 0. The van der Waals surface area contributed by atoms with Crippen molar-refractivity contribution >= 4 is 7.12 Å². The quantitative estimate of drug-likeness (QED) is 0.730. The fourth-order valence-electron chi connectivity index (χ4n) is 1.94. The van der Waals surface area contributed by atoms with Crippen molar-refractivity contribution in [2.45, 2.75) is 12.7 Å². The molecular weight excluding hydrogens is 211 g/mol. The highest BCUT2D eigenvalue weighted by Gasteiger charge is 2.37. The summed E-state index contributed by atoms with van der Waals surface area (Å²) < 4.78 is 19.3. The Labute approximate surface area is 103 Å². The highest BCUT2D eigenvalue weighted by molar-refractivity contribution is 6.49. The third kappa shape index (κ3) is 1.89. The molecular formula is C14H13BO2. The van der Waals surface area contributed by atoms with Crippen LogP contribution in [-0.4, -0.2) is 7.12 Å². The number of rotatable bonds is 2. The van der Waals surface area contributed by atoms with E-state index in [2.05, 4.69) is 0 Å². The van der Waals surface area contributed by atoms with Crippen LogP contribution in [0.1, 0.15) is 19.7 Å². The van der Waals surface area contributed by atoms with Crippen LogP contribution in [0.5, 0.6) is 11.5 Å². The lowest BCUT2D eigenvalue weighted by Gasteiger charge is -2.13. The molecule has 84 valence electrons. The summed E-state index contributed by atoms with van der Waals surface area (Å²) in [5.41, 5.74) is 1.07. The summed E-state index contributed by atoms with van der Waals surface area (Å²) in [6.45, 7) is 0.239. The lowest BCUT2D eigenvalue weighted by molar-refractivity contribution is 0.480. The minimum Gasteiger partial charge on any atom is -0.523 e. The maximum Gasteiger partial charge on any atom is 0.602 e. The molecule has 0 spiro atoms. The third-order valence-electron chi connectivity index (χ3n) is 2.89. The molecule has 3 rings (SSSR count). The van der Waals surface area contributed by atoms with Gasteiger partial charge in [0.15, 0.2) is 0 Å². The number of hydrogen-bond donors (Lipinski definition) is 0. The minimum absolute atomic E-state index is 0.0707. The zero-order chi connectivity index (χ0) is 12.4. The highest BCUT2D eigenvalue weighted by Crippen LogP contribution is 2.36. The van der Waals surface area contributed by atoms with Gasteiger partial charge in [0.2, 0.25) is 0 Å². The SMILES string of the molecule is [2H]CC(B1Oc2ccccc2O1)c1ccccc1. The maximum atomic E-state index is 7.71. The van der Waals surface area contributed by atoms with Gasteiger partial charge in [0.25, 0.3) is 0 Å². The Morgan fingerprint density at radius 1 is 0.941 bits per heavy atom. The van der Waals surface area contributed by atoms with Crippen LogP contribution < -0.4 is 9.31 Å². The van der Waals surface area contributed by atoms with E-state index in [1.54, 1.807) is 0 Å². The second kappa shape index (κ2) is 4.17. The molecule has 3 heteroatoms. The van der Waals surface area contributed by atoms with E-state index in [0.717, 1.165) is 17.1 Å². The molecule has 1 unspecified atom stereocenters. The number of para-hydroxylation sites is 2.